The van der Waals surface area contributed by atoms with Crippen LogP contribution in [0, 0.1) is 14.0 Å². The molecule has 0 fully saturated rings. The molecule has 0 aliphatic heterocycles. The SMILES string of the molecule is [CH2]OC(=O)Oc1ccc(C)cc1. The predicted octanol–water partition coefficient (Wildman–Crippen LogP) is 2.30. The summed E-state index contributed by atoms with van der Waals surface area (Å²) in [5, 5.41) is 0. The largest absolute Gasteiger partial charge is 0.513 e. The molecule has 0 unspecified atom stereocenters. The van der Waals surface area contributed by atoms with Crippen molar-refractivity contribution < 1.29 is 14.3 Å². The van der Waals surface area contributed by atoms with Gasteiger partial charge in [-0.3, -0.25) is 0 Å². The van der Waals surface area contributed by atoms with E-state index in [1.165, 1.54) is 0 Å². The van der Waals surface area contributed by atoms with E-state index in [-0.39, 0.29) is 0 Å². The van der Waals surface area contributed by atoms with Crippen molar-refractivity contribution in [3.63, 3.8) is 0 Å². The van der Waals surface area contributed by atoms with Crippen molar-refractivity contribution in [3.05, 3.63) is 36.9 Å². The maximum Gasteiger partial charge on any atom is 0.513 e. The van der Waals surface area contributed by atoms with E-state index < -0.39 is 6.16 Å². The van der Waals surface area contributed by atoms with E-state index >= 15 is 0 Å². The standard InChI is InChI=1S/C9H9O3/c1-7-3-5-8(6-4-7)12-9(10)11-2/h3-6H,2H2,1H3. The molecule has 0 bridgehead atoms. The minimum absolute atomic E-state index is 0.453. The summed E-state index contributed by atoms with van der Waals surface area (Å²) in [5.41, 5.74) is 1.10. The topological polar surface area (TPSA) is 35.5 Å². The lowest BCUT2D eigenvalue weighted by atomic mass is 10.2. The van der Waals surface area contributed by atoms with Gasteiger partial charge in [0.15, 0.2) is 0 Å². The van der Waals surface area contributed by atoms with Gasteiger partial charge >= 0.3 is 6.16 Å². The highest BCUT2D eigenvalue weighted by Crippen LogP contribution is 2.11. The second-order valence-electron chi connectivity index (χ2n) is 2.31. The van der Waals surface area contributed by atoms with Crippen molar-refractivity contribution in [2.45, 2.75) is 6.92 Å². The fourth-order valence-corrected chi connectivity index (χ4v) is 0.732. The average Bonchev–Trinajstić information content (AvgIpc) is 2.09. The number of hydrogen-bond donors (Lipinski definition) is 0. The van der Waals surface area contributed by atoms with Gasteiger partial charge in [0.05, 0.1) is 0 Å². The lowest BCUT2D eigenvalue weighted by Crippen LogP contribution is -2.05. The summed E-state index contributed by atoms with van der Waals surface area (Å²) in [7, 11) is 2.92. The Morgan fingerprint density at radius 3 is 2.42 bits per heavy atom. The van der Waals surface area contributed by atoms with Gasteiger partial charge in [-0.25, -0.2) is 4.79 Å². The van der Waals surface area contributed by atoms with Crippen molar-refractivity contribution >= 4 is 6.16 Å². The lowest BCUT2D eigenvalue weighted by molar-refractivity contribution is 0.133. The Bertz CT molecular complexity index is 264. The number of aryl methyl sites for hydroxylation is 1. The highest BCUT2D eigenvalue weighted by atomic mass is 16.7. The minimum atomic E-state index is -0.807. The van der Waals surface area contributed by atoms with Crippen LogP contribution >= 0.6 is 0 Å². The molecule has 0 saturated carbocycles. The number of ether oxygens (including phenoxy) is 2. The minimum Gasteiger partial charge on any atom is -0.430 e. The van der Waals surface area contributed by atoms with Gasteiger partial charge in [0, 0.05) is 0 Å². The molecule has 12 heavy (non-hydrogen) atoms. The Morgan fingerprint density at radius 2 is 1.92 bits per heavy atom. The molecule has 0 heterocycles. The van der Waals surface area contributed by atoms with E-state index in [0.29, 0.717) is 5.75 Å². The van der Waals surface area contributed by atoms with Gasteiger partial charge in [-0.15, -0.1) is 0 Å². The third-order valence-corrected chi connectivity index (χ3v) is 1.34. The third-order valence-electron chi connectivity index (χ3n) is 1.34. The fraction of sp³-hybridized carbons (Fsp3) is 0.111. The quantitative estimate of drug-likeness (QED) is 0.473. The molecule has 1 radical (unpaired) electrons. The maximum absolute atomic E-state index is 10.6. The van der Waals surface area contributed by atoms with E-state index in [0.717, 1.165) is 5.56 Å². The molecule has 1 aromatic rings. The molecule has 0 spiro atoms. The van der Waals surface area contributed by atoms with Gasteiger partial charge in [0.2, 0.25) is 0 Å². The molecule has 0 N–H and O–H groups in total. The van der Waals surface area contributed by atoms with Crippen LogP contribution in [0.15, 0.2) is 24.3 Å². The molecule has 1 aromatic carbocycles. The fourth-order valence-electron chi connectivity index (χ4n) is 0.732. The summed E-state index contributed by atoms with van der Waals surface area (Å²) in [6.07, 6.45) is -0.807. The molecule has 3 heteroatoms. The third kappa shape index (κ3) is 2.27. The van der Waals surface area contributed by atoms with E-state index in [2.05, 4.69) is 11.8 Å². The van der Waals surface area contributed by atoms with Crippen LogP contribution in [0.5, 0.6) is 5.75 Å². The van der Waals surface area contributed by atoms with Gasteiger partial charge in [0.1, 0.15) is 12.9 Å². The number of carbonyl (C=O) groups excluding carboxylic acids is 1. The van der Waals surface area contributed by atoms with Crippen molar-refractivity contribution in [2.75, 3.05) is 0 Å². The zero-order valence-electron chi connectivity index (χ0n) is 6.74. The lowest BCUT2D eigenvalue weighted by Gasteiger charge is -2.01. The highest BCUT2D eigenvalue weighted by Gasteiger charge is 2.01. The smallest absolute Gasteiger partial charge is 0.430 e. The molecule has 0 aliphatic rings. The van der Waals surface area contributed by atoms with Crippen LogP contribution in [0.4, 0.5) is 4.79 Å². The zero-order chi connectivity index (χ0) is 8.97. The van der Waals surface area contributed by atoms with Crippen LogP contribution in [-0.4, -0.2) is 6.16 Å². The number of hydrogen-bond acceptors (Lipinski definition) is 3. The summed E-state index contributed by atoms with van der Waals surface area (Å²) in [6.45, 7) is 1.95. The second-order valence-corrected chi connectivity index (χ2v) is 2.31. The first kappa shape index (κ1) is 8.59. The van der Waals surface area contributed by atoms with E-state index in [4.69, 9.17) is 4.74 Å². The Balaban J connectivity index is 2.64. The first-order valence-corrected chi connectivity index (χ1v) is 3.43. The molecule has 0 aliphatic carbocycles. The van der Waals surface area contributed by atoms with E-state index in [9.17, 15) is 4.79 Å². The first-order chi connectivity index (χ1) is 5.72. The summed E-state index contributed by atoms with van der Waals surface area (Å²) < 4.78 is 8.77. The summed E-state index contributed by atoms with van der Waals surface area (Å²) in [6, 6.07) is 7.05. The zero-order valence-corrected chi connectivity index (χ0v) is 6.74. The Kier molecular flexibility index (Phi) is 2.69. The van der Waals surface area contributed by atoms with Crippen molar-refractivity contribution in [1.29, 1.82) is 0 Å². The average molecular weight is 165 g/mol. The van der Waals surface area contributed by atoms with Crippen molar-refractivity contribution in [3.8, 4) is 5.75 Å². The second kappa shape index (κ2) is 3.76. The van der Waals surface area contributed by atoms with E-state index in [1.54, 1.807) is 12.1 Å². The van der Waals surface area contributed by atoms with Gasteiger partial charge in [0.25, 0.3) is 0 Å². The van der Waals surface area contributed by atoms with Crippen molar-refractivity contribution in [1.82, 2.24) is 0 Å². The molecular weight excluding hydrogens is 156 g/mol. The Labute approximate surface area is 70.9 Å². The van der Waals surface area contributed by atoms with E-state index in [1.807, 2.05) is 19.1 Å². The van der Waals surface area contributed by atoms with Crippen LogP contribution < -0.4 is 4.74 Å². The molecule has 1 rings (SSSR count). The highest BCUT2D eigenvalue weighted by molar-refractivity contribution is 5.63. The molecule has 3 nitrogen and oxygen atoms in total. The van der Waals surface area contributed by atoms with Crippen LogP contribution in [-0.2, 0) is 4.74 Å². The number of carbonyl (C=O) groups is 1. The predicted molar refractivity (Wildman–Crippen MR) is 43.6 cm³/mol. The molecule has 0 atom stereocenters. The monoisotopic (exact) mass is 165 g/mol. The number of rotatable bonds is 1. The van der Waals surface area contributed by atoms with Gasteiger partial charge in [-0.2, -0.15) is 0 Å². The Morgan fingerprint density at radius 1 is 1.33 bits per heavy atom. The summed E-state index contributed by atoms with van der Waals surface area (Å²) >= 11 is 0. The first-order valence-electron chi connectivity index (χ1n) is 3.43. The van der Waals surface area contributed by atoms with Gasteiger partial charge < -0.3 is 9.47 Å². The van der Waals surface area contributed by atoms with Gasteiger partial charge in [-0.1, -0.05) is 17.7 Å². The van der Waals surface area contributed by atoms with Crippen molar-refractivity contribution in [2.24, 2.45) is 0 Å². The van der Waals surface area contributed by atoms with Crippen LogP contribution in [0.1, 0.15) is 5.56 Å². The molecule has 0 aromatic heterocycles. The van der Waals surface area contributed by atoms with Crippen LogP contribution in [0.3, 0.4) is 0 Å². The number of benzene rings is 1. The molecule has 63 valence electrons. The summed E-state index contributed by atoms with van der Waals surface area (Å²) in [5.74, 6) is 0.453. The maximum atomic E-state index is 10.6. The molecular formula is C9H9O3. The summed E-state index contributed by atoms with van der Waals surface area (Å²) in [4.78, 5) is 10.6. The molecule has 0 amide bonds. The van der Waals surface area contributed by atoms with Crippen LogP contribution in [0.2, 0.25) is 0 Å². The van der Waals surface area contributed by atoms with Crippen LogP contribution in [0.25, 0.3) is 0 Å². The Hall–Kier alpha value is -1.51. The van der Waals surface area contributed by atoms with Gasteiger partial charge in [-0.05, 0) is 19.1 Å². The normalized spacial score (nSPS) is 9.17. The molecule has 0 saturated heterocycles.